The number of hydrogen-bond acceptors (Lipinski definition) is 4. The summed E-state index contributed by atoms with van der Waals surface area (Å²) in [5.41, 5.74) is 1.00. The monoisotopic (exact) mass is 293 g/mol. The maximum atomic E-state index is 14.1. The van der Waals surface area contributed by atoms with Crippen LogP contribution in [0.5, 0.6) is 0 Å². The smallest absolute Gasteiger partial charge is 0.254 e. The van der Waals surface area contributed by atoms with Crippen molar-refractivity contribution < 1.29 is 9.18 Å². The van der Waals surface area contributed by atoms with Gasteiger partial charge in [-0.2, -0.15) is 11.3 Å². The van der Waals surface area contributed by atoms with Crippen molar-refractivity contribution in [2.75, 3.05) is 11.9 Å². The second kappa shape index (κ2) is 6.47. The number of halogens is 1. The zero-order chi connectivity index (χ0) is 14.5. The van der Waals surface area contributed by atoms with Crippen LogP contribution in [-0.2, 0) is 0 Å². The van der Waals surface area contributed by atoms with Crippen molar-refractivity contribution in [3.05, 3.63) is 46.0 Å². The number of pyridine rings is 1. The summed E-state index contributed by atoms with van der Waals surface area (Å²) in [5.74, 6) is -0.963. The molecule has 2 rings (SSSR count). The van der Waals surface area contributed by atoms with Crippen LogP contribution in [0.1, 0.15) is 35.8 Å². The summed E-state index contributed by atoms with van der Waals surface area (Å²) in [7, 11) is 0. The second-order valence-corrected chi connectivity index (χ2v) is 5.08. The normalized spacial score (nSPS) is 11.9. The summed E-state index contributed by atoms with van der Waals surface area (Å²) in [4.78, 5) is 16.0. The van der Waals surface area contributed by atoms with Gasteiger partial charge in [-0.1, -0.05) is 0 Å². The third-order valence-electron chi connectivity index (χ3n) is 2.87. The molecule has 0 fully saturated rings. The van der Waals surface area contributed by atoms with Crippen LogP contribution in [0.15, 0.2) is 29.1 Å². The Morgan fingerprint density at radius 2 is 2.30 bits per heavy atom. The van der Waals surface area contributed by atoms with Crippen LogP contribution in [0, 0.1) is 5.82 Å². The molecule has 0 aliphatic rings. The molecule has 0 bridgehead atoms. The van der Waals surface area contributed by atoms with Crippen molar-refractivity contribution in [2.45, 2.75) is 19.9 Å². The summed E-state index contributed by atoms with van der Waals surface area (Å²) in [6, 6.07) is 3.15. The van der Waals surface area contributed by atoms with Crippen LogP contribution in [0.4, 0.5) is 10.2 Å². The Morgan fingerprint density at radius 1 is 1.50 bits per heavy atom. The highest BCUT2D eigenvalue weighted by atomic mass is 32.1. The first-order valence-electron chi connectivity index (χ1n) is 6.34. The molecular weight excluding hydrogens is 277 g/mol. The topological polar surface area (TPSA) is 54.0 Å². The standard InChI is InChI=1S/C14H16FN3OS/c1-3-16-13-12(15)11(4-6-17-13)14(19)18-9(2)10-5-7-20-8-10/h4-9H,3H2,1-2H3,(H,16,17)(H,18,19). The van der Waals surface area contributed by atoms with E-state index in [1.165, 1.54) is 12.3 Å². The highest BCUT2D eigenvalue weighted by molar-refractivity contribution is 7.07. The lowest BCUT2D eigenvalue weighted by Crippen LogP contribution is -2.27. The lowest BCUT2D eigenvalue weighted by molar-refractivity contribution is 0.0936. The molecule has 0 spiro atoms. The molecule has 1 atom stereocenters. The van der Waals surface area contributed by atoms with Gasteiger partial charge in [0.1, 0.15) is 0 Å². The van der Waals surface area contributed by atoms with E-state index in [4.69, 9.17) is 0 Å². The fourth-order valence-electron chi connectivity index (χ4n) is 1.79. The number of amides is 1. The molecule has 0 saturated carbocycles. The summed E-state index contributed by atoms with van der Waals surface area (Å²) in [5, 5.41) is 9.46. The maximum absolute atomic E-state index is 14.1. The van der Waals surface area contributed by atoms with Gasteiger partial charge in [-0.3, -0.25) is 4.79 Å². The third kappa shape index (κ3) is 3.14. The number of carbonyl (C=O) groups is 1. The molecule has 6 heteroatoms. The minimum atomic E-state index is -0.621. The first-order chi connectivity index (χ1) is 9.63. The molecule has 0 aromatic carbocycles. The molecule has 2 heterocycles. The molecule has 0 saturated heterocycles. The van der Waals surface area contributed by atoms with E-state index in [1.807, 2.05) is 30.7 Å². The van der Waals surface area contributed by atoms with E-state index >= 15 is 0 Å². The zero-order valence-corrected chi connectivity index (χ0v) is 12.1. The van der Waals surface area contributed by atoms with Crippen LogP contribution in [0.2, 0.25) is 0 Å². The van der Waals surface area contributed by atoms with Crippen LogP contribution >= 0.6 is 11.3 Å². The quantitative estimate of drug-likeness (QED) is 0.890. The predicted octanol–water partition coefficient (Wildman–Crippen LogP) is 3.21. The Balaban J connectivity index is 2.15. The number of thiophene rings is 1. The number of nitrogens with one attached hydrogen (secondary N) is 2. The van der Waals surface area contributed by atoms with Crippen molar-refractivity contribution in [1.82, 2.24) is 10.3 Å². The molecule has 2 N–H and O–H groups in total. The molecule has 4 nitrogen and oxygen atoms in total. The molecule has 2 aromatic heterocycles. The predicted molar refractivity (Wildman–Crippen MR) is 78.6 cm³/mol. The summed E-state index contributed by atoms with van der Waals surface area (Å²) in [6.45, 7) is 4.25. The zero-order valence-electron chi connectivity index (χ0n) is 11.3. The summed E-state index contributed by atoms with van der Waals surface area (Å²) < 4.78 is 14.1. The van der Waals surface area contributed by atoms with Gasteiger partial charge in [0.15, 0.2) is 11.6 Å². The number of aromatic nitrogens is 1. The molecule has 0 aliphatic carbocycles. The molecule has 0 aliphatic heterocycles. The highest BCUT2D eigenvalue weighted by Gasteiger charge is 2.18. The number of carbonyl (C=O) groups excluding carboxylic acids is 1. The second-order valence-electron chi connectivity index (χ2n) is 4.30. The van der Waals surface area contributed by atoms with Crippen molar-refractivity contribution >= 4 is 23.1 Å². The van der Waals surface area contributed by atoms with Gasteiger partial charge in [0.05, 0.1) is 11.6 Å². The first-order valence-corrected chi connectivity index (χ1v) is 7.29. The van der Waals surface area contributed by atoms with Gasteiger partial charge in [-0.05, 0) is 42.3 Å². The van der Waals surface area contributed by atoms with Crippen molar-refractivity contribution in [3.63, 3.8) is 0 Å². The largest absolute Gasteiger partial charge is 0.368 e. The number of rotatable bonds is 5. The van der Waals surface area contributed by atoms with Crippen LogP contribution in [0.3, 0.4) is 0 Å². The summed E-state index contributed by atoms with van der Waals surface area (Å²) in [6.07, 6.45) is 1.42. The van der Waals surface area contributed by atoms with Gasteiger partial charge in [0.25, 0.3) is 5.91 Å². The Kier molecular flexibility index (Phi) is 4.68. The molecule has 1 amide bonds. The van der Waals surface area contributed by atoms with Crippen molar-refractivity contribution in [3.8, 4) is 0 Å². The molecule has 0 radical (unpaired) electrons. The van der Waals surface area contributed by atoms with Crippen molar-refractivity contribution in [1.29, 1.82) is 0 Å². The van der Waals surface area contributed by atoms with E-state index in [-0.39, 0.29) is 17.4 Å². The Morgan fingerprint density at radius 3 is 2.95 bits per heavy atom. The average molecular weight is 293 g/mol. The fraction of sp³-hybridized carbons (Fsp3) is 0.286. The van der Waals surface area contributed by atoms with Gasteiger partial charge in [0, 0.05) is 12.7 Å². The van der Waals surface area contributed by atoms with Gasteiger partial charge in [-0.15, -0.1) is 0 Å². The van der Waals surface area contributed by atoms with E-state index in [0.717, 1.165) is 5.56 Å². The lowest BCUT2D eigenvalue weighted by Gasteiger charge is -2.14. The minimum absolute atomic E-state index is 0.00182. The van der Waals surface area contributed by atoms with Crippen LogP contribution < -0.4 is 10.6 Å². The number of hydrogen-bond donors (Lipinski definition) is 2. The highest BCUT2D eigenvalue weighted by Crippen LogP contribution is 2.18. The van der Waals surface area contributed by atoms with Gasteiger partial charge in [-0.25, -0.2) is 9.37 Å². The third-order valence-corrected chi connectivity index (χ3v) is 3.57. The number of anilines is 1. The van der Waals surface area contributed by atoms with Crippen molar-refractivity contribution in [2.24, 2.45) is 0 Å². The minimum Gasteiger partial charge on any atom is -0.368 e. The average Bonchev–Trinajstić information content (AvgIpc) is 2.95. The molecular formula is C14H16FN3OS. The molecule has 106 valence electrons. The fourth-order valence-corrected chi connectivity index (χ4v) is 2.54. The van der Waals surface area contributed by atoms with E-state index in [2.05, 4.69) is 15.6 Å². The van der Waals surface area contributed by atoms with E-state index in [9.17, 15) is 9.18 Å². The van der Waals surface area contributed by atoms with Gasteiger partial charge in [0.2, 0.25) is 0 Å². The van der Waals surface area contributed by atoms with E-state index in [0.29, 0.717) is 6.54 Å². The first kappa shape index (κ1) is 14.5. The molecule has 20 heavy (non-hydrogen) atoms. The Bertz CT molecular complexity index is 586. The molecule has 1 unspecified atom stereocenters. The van der Waals surface area contributed by atoms with Crippen LogP contribution in [0.25, 0.3) is 0 Å². The van der Waals surface area contributed by atoms with E-state index in [1.54, 1.807) is 11.3 Å². The Labute approximate surface area is 121 Å². The van der Waals surface area contributed by atoms with Gasteiger partial charge >= 0.3 is 0 Å². The Hall–Kier alpha value is -1.95. The number of nitrogens with zero attached hydrogens (tertiary/aromatic N) is 1. The van der Waals surface area contributed by atoms with Gasteiger partial charge < -0.3 is 10.6 Å². The maximum Gasteiger partial charge on any atom is 0.254 e. The lowest BCUT2D eigenvalue weighted by atomic mass is 10.1. The van der Waals surface area contributed by atoms with E-state index < -0.39 is 11.7 Å². The van der Waals surface area contributed by atoms with Crippen LogP contribution in [-0.4, -0.2) is 17.4 Å². The summed E-state index contributed by atoms with van der Waals surface area (Å²) >= 11 is 1.56. The molecule has 2 aromatic rings. The SMILES string of the molecule is CCNc1nccc(C(=O)NC(C)c2ccsc2)c1F.